The highest BCUT2D eigenvalue weighted by Crippen LogP contribution is 2.30. The molecule has 0 aliphatic carbocycles. The molecule has 1 atom stereocenters. The smallest absolute Gasteiger partial charge is 0.244 e. The molecule has 1 unspecified atom stereocenters. The number of hydrogen-bond acceptors (Lipinski definition) is 5. The Morgan fingerprint density at radius 3 is 2.00 bits per heavy atom. The van der Waals surface area contributed by atoms with Crippen molar-refractivity contribution in [2.45, 2.75) is 45.8 Å². The highest BCUT2D eigenvalue weighted by molar-refractivity contribution is 7.92. The summed E-state index contributed by atoms with van der Waals surface area (Å²) in [6, 6.07) is 24.5. The van der Waals surface area contributed by atoms with Gasteiger partial charge in [0.15, 0.2) is 0 Å². The molecule has 0 aliphatic heterocycles. The summed E-state index contributed by atoms with van der Waals surface area (Å²) < 4.78 is 32.6. The lowest BCUT2D eigenvalue weighted by Gasteiger charge is -2.34. The Bertz CT molecular complexity index is 1330. The summed E-state index contributed by atoms with van der Waals surface area (Å²) in [5.41, 5.74) is 1.97. The van der Waals surface area contributed by atoms with Crippen molar-refractivity contribution >= 4 is 27.5 Å². The molecule has 1 N–H and O–H groups in total. The molecule has 39 heavy (non-hydrogen) atoms. The molecular formula is C30H37N3O5S. The van der Waals surface area contributed by atoms with Gasteiger partial charge in [-0.15, -0.1) is 0 Å². The first-order valence-corrected chi connectivity index (χ1v) is 14.8. The average Bonchev–Trinajstić information content (AvgIpc) is 2.90. The number of benzene rings is 3. The van der Waals surface area contributed by atoms with Crippen LogP contribution in [-0.4, -0.2) is 56.6 Å². The van der Waals surface area contributed by atoms with Gasteiger partial charge in [-0.3, -0.25) is 13.9 Å². The zero-order valence-corrected chi connectivity index (χ0v) is 23.7. The van der Waals surface area contributed by atoms with Gasteiger partial charge in [0.25, 0.3) is 0 Å². The maximum atomic E-state index is 14.1. The summed E-state index contributed by atoms with van der Waals surface area (Å²) >= 11 is 0. The number of hydrogen-bond donors (Lipinski definition) is 1. The van der Waals surface area contributed by atoms with E-state index in [1.54, 1.807) is 31.2 Å². The predicted molar refractivity (Wildman–Crippen MR) is 154 cm³/mol. The van der Waals surface area contributed by atoms with Crippen LogP contribution in [0.2, 0.25) is 0 Å². The second-order valence-corrected chi connectivity index (χ2v) is 11.5. The summed E-state index contributed by atoms with van der Waals surface area (Å²) in [7, 11) is -3.88. The van der Waals surface area contributed by atoms with E-state index >= 15 is 0 Å². The minimum absolute atomic E-state index is 0.132. The first-order chi connectivity index (χ1) is 18.6. The number of amides is 2. The fraction of sp³-hybridized carbons (Fsp3) is 0.333. The highest BCUT2D eigenvalue weighted by Gasteiger charge is 2.33. The second-order valence-electron chi connectivity index (χ2n) is 9.55. The SMILES string of the molecule is CCOc1ccccc1N(CC(=O)N(Cc1ccccc1)C(Cc1ccccc1)C(=O)NC(C)C)S(C)(=O)=O. The Balaban J connectivity index is 2.06. The number of rotatable bonds is 13. The van der Waals surface area contributed by atoms with E-state index in [4.69, 9.17) is 4.74 Å². The number of ether oxygens (including phenoxy) is 1. The lowest BCUT2D eigenvalue weighted by Crippen LogP contribution is -2.54. The molecule has 0 heterocycles. The average molecular weight is 552 g/mol. The van der Waals surface area contributed by atoms with E-state index < -0.39 is 28.5 Å². The van der Waals surface area contributed by atoms with Crippen molar-refractivity contribution in [1.82, 2.24) is 10.2 Å². The number of nitrogens with one attached hydrogen (secondary N) is 1. The third-order valence-corrected chi connectivity index (χ3v) is 7.14. The van der Waals surface area contributed by atoms with E-state index in [-0.39, 0.29) is 30.6 Å². The van der Waals surface area contributed by atoms with Gasteiger partial charge in [-0.25, -0.2) is 8.42 Å². The zero-order chi connectivity index (χ0) is 28.4. The van der Waals surface area contributed by atoms with Crippen LogP contribution in [0.4, 0.5) is 5.69 Å². The van der Waals surface area contributed by atoms with Gasteiger partial charge in [0.1, 0.15) is 18.3 Å². The number of carbonyl (C=O) groups is 2. The van der Waals surface area contributed by atoms with Crippen LogP contribution < -0.4 is 14.4 Å². The van der Waals surface area contributed by atoms with Gasteiger partial charge in [-0.2, -0.15) is 0 Å². The van der Waals surface area contributed by atoms with Gasteiger partial charge in [-0.05, 0) is 44.0 Å². The van der Waals surface area contributed by atoms with Gasteiger partial charge in [-0.1, -0.05) is 72.8 Å². The van der Waals surface area contributed by atoms with Crippen molar-refractivity contribution in [3.05, 3.63) is 96.1 Å². The Hall–Kier alpha value is -3.85. The van der Waals surface area contributed by atoms with E-state index in [9.17, 15) is 18.0 Å². The van der Waals surface area contributed by atoms with Gasteiger partial charge in [0, 0.05) is 19.0 Å². The van der Waals surface area contributed by atoms with Gasteiger partial charge >= 0.3 is 0 Å². The van der Waals surface area contributed by atoms with Crippen LogP contribution in [0.15, 0.2) is 84.9 Å². The molecule has 0 radical (unpaired) electrons. The van der Waals surface area contributed by atoms with E-state index in [2.05, 4.69) is 5.32 Å². The number of sulfonamides is 1. The van der Waals surface area contributed by atoms with Crippen molar-refractivity contribution in [3.63, 3.8) is 0 Å². The topological polar surface area (TPSA) is 96.0 Å². The molecule has 0 aromatic heterocycles. The third kappa shape index (κ3) is 8.58. The van der Waals surface area contributed by atoms with Crippen LogP contribution in [0.1, 0.15) is 31.9 Å². The van der Waals surface area contributed by atoms with Crippen LogP contribution in [0.25, 0.3) is 0 Å². The molecule has 208 valence electrons. The Morgan fingerprint density at radius 2 is 1.44 bits per heavy atom. The molecule has 0 saturated carbocycles. The summed E-state index contributed by atoms with van der Waals surface area (Å²) in [5, 5.41) is 2.94. The van der Waals surface area contributed by atoms with Crippen LogP contribution in [0.5, 0.6) is 5.75 Å². The fourth-order valence-electron chi connectivity index (χ4n) is 4.25. The standard InChI is InChI=1S/C30H37N3O5S/c1-5-38-28-19-13-12-18-26(28)33(39(4,36)37)22-29(34)32(21-25-16-10-7-11-17-25)27(30(35)31-23(2)3)20-24-14-8-6-9-15-24/h6-19,23,27H,5,20-22H2,1-4H3,(H,31,35). The van der Waals surface area contributed by atoms with E-state index in [1.165, 1.54) is 4.90 Å². The maximum Gasteiger partial charge on any atom is 0.244 e. The molecule has 0 saturated heterocycles. The summed E-state index contributed by atoms with van der Waals surface area (Å²) in [6.07, 6.45) is 1.32. The predicted octanol–water partition coefficient (Wildman–Crippen LogP) is 4.02. The molecule has 3 aromatic rings. The molecule has 2 amide bonds. The van der Waals surface area contributed by atoms with Gasteiger partial charge in [0.2, 0.25) is 21.8 Å². The monoisotopic (exact) mass is 551 g/mol. The molecule has 0 spiro atoms. The summed E-state index contributed by atoms with van der Waals surface area (Å²) in [4.78, 5) is 29.1. The summed E-state index contributed by atoms with van der Waals surface area (Å²) in [5.74, 6) is -0.458. The number of anilines is 1. The van der Waals surface area contributed by atoms with Crippen LogP contribution in [0.3, 0.4) is 0 Å². The van der Waals surface area contributed by atoms with E-state index in [0.717, 1.165) is 21.7 Å². The van der Waals surface area contributed by atoms with Crippen molar-refractivity contribution in [1.29, 1.82) is 0 Å². The number of carbonyl (C=O) groups excluding carboxylic acids is 2. The highest BCUT2D eigenvalue weighted by atomic mass is 32.2. The molecular weight excluding hydrogens is 514 g/mol. The molecule has 3 aromatic carbocycles. The molecule has 0 fully saturated rings. The molecule has 8 nitrogen and oxygen atoms in total. The molecule has 0 aliphatic rings. The normalized spacial score (nSPS) is 12.0. The zero-order valence-electron chi connectivity index (χ0n) is 22.9. The lowest BCUT2D eigenvalue weighted by molar-refractivity contribution is -0.140. The van der Waals surface area contributed by atoms with Crippen molar-refractivity contribution < 1.29 is 22.7 Å². The van der Waals surface area contributed by atoms with Crippen LogP contribution >= 0.6 is 0 Å². The third-order valence-electron chi connectivity index (χ3n) is 6.01. The number of nitrogens with zero attached hydrogens (tertiary/aromatic N) is 2. The van der Waals surface area contributed by atoms with Crippen molar-refractivity contribution in [3.8, 4) is 5.75 Å². The van der Waals surface area contributed by atoms with Crippen molar-refractivity contribution in [2.24, 2.45) is 0 Å². The largest absolute Gasteiger partial charge is 0.492 e. The maximum absolute atomic E-state index is 14.1. The van der Waals surface area contributed by atoms with E-state index in [0.29, 0.717) is 12.4 Å². The second kappa shape index (κ2) is 13.8. The minimum Gasteiger partial charge on any atom is -0.492 e. The fourth-order valence-corrected chi connectivity index (χ4v) is 5.10. The quantitative estimate of drug-likeness (QED) is 0.346. The number of para-hydroxylation sites is 2. The van der Waals surface area contributed by atoms with E-state index in [1.807, 2.05) is 74.5 Å². The van der Waals surface area contributed by atoms with Crippen molar-refractivity contribution in [2.75, 3.05) is 23.7 Å². The first kappa shape index (κ1) is 29.7. The lowest BCUT2D eigenvalue weighted by atomic mass is 10.0. The Kier molecular flexibility index (Phi) is 10.5. The first-order valence-electron chi connectivity index (χ1n) is 13.0. The van der Waals surface area contributed by atoms with Crippen LogP contribution in [-0.2, 0) is 32.6 Å². The Morgan fingerprint density at radius 1 is 0.872 bits per heavy atom. The van der Waals surface area contributed by atoms with Gasteiger partial charge < -0.3 is 15.0 Å². The van der Waals surface area contributed by atoms with Gasteiger partial charge in [0.05, 0.1) is 18.6 Å². The summed E-state index contributed by atoms with van der Waals surface area (Å²) in [6.45, 7) is 5.49. The van der Waals surface area contributed by atoms with Crippen LogP contribution in [0, 0.1) is 0 Å². The molecule has 9 heteroatoms. The Labute approximate surface area is 231 Å². The molecule has 0 bridgehead atoms. The molecule has 3 rings (SSSR count). The minimum atomic E-state index is -3.88.